The molecule has 2 aromatic rings. The Morgan fingerprint density at radius 2 is 1.92 bits per heavy atom. The minimum absolute atomic E-state index is 0.0427. The quantitative estimate of drug-likeness (QED) is 0.453. The number of rotatable bonds is 6. The van der Waals surface area contributed by atoms with Crippen LogP contribution in [0, 0.1) is 10.1 Å². The SMILES string of the molecule is C[C@@H](OC(=O)c1ccc(CO)cc1)C(=O)Nc1cc([N+](=O)[O-])ccc1Cl. The number of halogens is 1. The first-order valence-electron chi connectivity index (χ1n) is 7.47. The summed E-state index contributed by atoms with van der Waals surface area (Å²) in [5.74, 6) is -1.41. The number of anilines is 1. The van der Waals surface area contributed by atoms with Gasteiger partial charge in [-0.15, -0.1) is 0 Å². The summed E-state index contributed by atoms with van der Waals surface area (Å²) in [6.45, 7) is 1.21. The second-order valence-electron chi connectivity index (χ2n) is 5.31. The Labute approximate surface area is 153 Å². The van der Waals surface area contributed by atoms with Gasteiger partial charge >= 0.3 is 5.97 Å². The van der Waals surface area contributed by atoms with Crippen LogP contribution in [0.15, 0.2) is 42.5 Å². The van der Waals surface area contributed by atoms with E-state index in [9.17, 15) is 19.7 Å². The third-order valence-corrected chi connectivity index (χ3v) is 3.77. The van der Waals surface area contributed by atoms with Crippen molar-refractivity contribution in [3.8, 4) is 0 Å². The highest BCUT2D eigenvalue weighted by Crippen LogP contribution is 2.26. The van der Waals surface area contributed by atoms with Gasteiger partial charge in [0.15, 0.2) is 6.10 Å². The number of nitrogens with one attached hydrogen (secondary N) is 1. The zero-order valence-corrected chi connectivity index (χ0v) is 14.4. The van der Waals surface area contributed by atoms with E-state index in [2.05, 4.69) is 5.32 Å². The van der Waals surface area contributed by atoms with Crippen LogP contribution in [0.3, 0.4) is 0 Å². The number of nitrogens with zero attached hydrogens (tertiary/aromatic N) is 1. The maximum Gasteiger partial charge on any atom is 0.338 e. The Morgan fingerprint density at radius 1 is 1.27 bits per heavy atom. The summed E-state index contributed by atoms with van der Waals surface area (Å²) in [5, 5.41) is 22.3. The van der Waals surface area contributed by atoms with Gasteiger partial charge in [0.1, 0.15) is 0 Å². The molecular weight excluding hydrogens is 364 g/mol. The summed E-state index contributed by atoms with van der Waals surface area (Å²) in [6.07, 6.45) is -1.16. The molecular formula is C17H15ClN2O6. The Bertz CT molecular complexity index is 838. The van der Waals surface area contributed by atoms with Gasteiger partial charge in [0.25, 0.3) is 11.6 Å². The number of non-ortho nitro benzene ring substituents is 1. The molecule has 2 aromatic carbocycles. The number of carbonyl (C=O) groups excluding carboxylic acids is 2. The number of hydrogen-bond acceptors (Lipinski definition) is 6. The summed E-state index contributed by atoms with van der Waals surface area (Å²) in [4.78, 5) is 34.4. The minimum Gasteiger partial charge on any atom is -0.449 e. The number of hydrogen-bond donors (Lipinski definition) is 2. The number of carbonyl (C=O) groups is 2. The number of aliphatic hydroxyl groups excluding tert-OH is 1. The van der Waals surface area contributed by atoms with Gasteiger partial charge in [-0.3, -0.25) is 14.9 Å². The summed E-state index contributed by atoms with van der Waals surface area (Å²) in [6, 6.07) is 9.66. The smallest absolute Gasteiger partial charge is 0.338 e. The normalized spacial score (nSPS) is 11.5. The van der Waals surface area contributed by atoms with Gasteiger partial charge in [-0.05, 0) is 30.7 Å². The van der Waals surface area contributed by atoms with E-state index in [-0.39, 0.29) is 28.6 Å². The third-order valence-electron chi connectivity index (χ3n) is 3.44. The van der Waals surface area contributed by atoms with Crippen molar-refractivity contribution in [1.82, 2.24) is 0 Å². The Morgan fingerprint density at radius 3 is 2.50 bits per heavy atom. The van der Waals surface area contributed by atoms with E-state index in [0.29, 0.717) is 5.56 Å². The lowest BCUT2D eigenvalue weighted by Crippen LogP contribution is -2.30. The molecule has 0 aliphatic rings. The predicted molar refractivity (Wildman–Crippen MR) is 94.0 cm³/mol. The highest BCUT2D eigenvalue weighted by atomic mass is 35.5. The first kappa shape index (κ1) is 19.4. The van der Waals surface area contributed by atoms with Gasteiger partial charge in [-0.2, -0.15) is 0 Å². The number of aliphatic hydroxyl groups is 1. The van der Waals surface area contributed by atoms with Crippen molar-refractivity contribution in [3.05, 3.63) is 68.7 Å². The van der Waals surface area contributed by atoms with Crippen molar-refractivity contribution in [2.45, 2.75) is 19.6 Å². The fourth-order valence-electron chi connectivity index (χ4n) is 1.99. The van der Waals surface area contributed by atoms with Crippen LogP contribution in [0.1, 0.15) is 22.8 Å². The molecule has 0 aromatic heterocycles. The van der Waals surface area contributed by atoms with E-state index in [4.69, 9.17) is 21.4 Å². The molecule has 0 aliphatic heterocycles. The average molecular weight is 379 g/mol. The van der Waals surface area contributed by atoms with Gasteiger partial charge < -0.3 is 15.2 Å². The van der Waals surface area contributed by atoms with Crippen molar-refractivity contribution < 1.29 is 24.4 Å². The number of nitro benzene ring substituents is 1. The van der Waals surface area contributed by atoms with Crippen molar-refractivity contribution in [3.63, 3.8) is 0 Å². The zero-order chi connectivity index (χ0) is 19.3. The van der Waals surface area contributed by atoms with Crippen LogP contribution in [-0.2, 0) is 16.1 Å². The minimum atomic E-state index is -1.16. The van der Waals surface area contributed by atoms with Crippen LogP contribution in [0.2, 0.25) is 5.02 Å². The summed E-state index contributed by atoms with van der Waals surface area (Å²) in [5.41, 5.74) is 0.655. The Kier molecular flexibility index (Phi) is 6.26. The molecule has 0 saturated heterocycles. The van der Waals surface area contributed by atoms with Crippen molar-refractivity contribution in [2.24, 2.45) is 0 Å². The lowest BCUT2D eigenvalue weighted by molar-refractivity contribution is -0.384. The Hall–Kier alpha value is -2.97. The number of esters is 1. The molecule has 0 aliphatic carbocycles. The van der Waals surface area contributed by atoms with Crippen molar-refractivity contribution >= 4 is 34.9 Å². The number of nitro groups is 1. The lowest BCUT2D eigenvalue weighted by Gasteiger charge is -2.14. The standard InChI is InChI=1S/C17H15ClN2O6/c1-10(26-17(23)12-4-2-11(9-21)3-5-12)16(22)19-15-8-13(20(24)25)6-7-14(15)18/h2-8,10,21H,9H2,1H3,(H,19,22)/t10-/m1/s1. The average Bonchev–Trinajstić information content (AvgIpc) is 2.63. The molecule has 2 N–H and O–H groups in total. The van der Waals surface area contributed by atoms with Crippen LogP contribution in [0.25, 0.3) is 0 Å². The fraction of sp³-hybridized carbons (Fsp3) is 0.176. The molecule has 0 radical (unpaired) electrons. The number of benzene rings is 2. The van der Waals surface area contributed by atoms with E-state index in [1.165, 1.54) is 31.2 Å². The second-order valence-corrected chi connectivity index (χ2v) is 5.72. The van der Waals surface area contributed by atoms with E-state index in [1.54, 1.807) is 12.1 Å². The van der Waals surface area contributed by atoms with Gasteiger partial charge in [0.2, 0.25) is 0 Å². The van der Waals surface area contributed by atoms with Gasteiger partial charge in [-0.25, -0.2) is 4.79 Å². The molecule has 0 saturated carbocycles. The second kappa shape index (κ2) is 8.41. The zero-order valence-electron chi connectivity index (χ0n) is 13.6. The van der Waals surface area contributed by atoms with Crippen LogP contribution >= 0.6 is 11.6 Å². The van der Waals surface area contributed by atoms with Crippen LogP contribution < -0.4 is 5.32 Å². The summed E-state index contributed by atoms with van der Waals surface area (Å²) in [7, 11) is 0. The van der Waals surface area contributed by atoms with Crippen LogP contribution in [-0.4, -0.2) is 28.0 Å². The van der Waals surface area contributed by atoms with Gasteiger partial charge in [0.05, 0.1) is 27.8 Å². The van der Waals surface area contributed by atoms with Gasteiger partial charge in [-0.1, -0.05) is 23.7 Å². The molecule has 0 heterocycles. The third kappa shape index (κ3) is 4.78. The predicted octanol–water partition coefficient (Wildman–Crippen LogP) is 2.92. The molecule has 26 heavy (non-hydrogen) atoms. The molecule has 0 spiro atoms. The van der Waals surface area contributed by atoms with E-state index in [1.807, 2.05) is 0 Å². The van der Waals surface area contributed by atoms with Crippen molar-refractivity contribution in [2.75, 3.05) is 5.32 Å². The monoisotopic (exact) mass is 378 g/mol. The number of amides is 1. The largest absolute Gasteiger partial charge is 0.449 e. The first-order chi connectivity index (χ1) is 12.3. The molecule has 0 fully saturated rings. The van der Waals surface area contributed by atoms with Crippen molar-refractivity contribution in [1.29, 1.82) is 0 Å². The highest BCUT2D eigenvalue weighted by Gasteiger charge is 2.21. The maximum atomic E-state index is 12.2. The molecule has 9 heteroatoms. The Balaban J connectivity index is 2.04. The van der Waals surface area contributed by atoms with Crippen LogP contribution in [0.4, 0.5) is 11.4 Å². The van der Waals surface area contributed by atoms with Gasteiger partial charge in [0, 0.05) is 12.1 Å². The van der Waals surface area contributed by atoms with E-state index < -0.39 is 22.9 Å². The molecule has 8 nitrogen and oxygen atoms in total. The molecule has 136 valence electrons. The molecule has 2 rings (SSSR count). The molecule has 0 bridgehead atoms. The fourth-order valence-corrected chi connectivity index (χ4v) is 2.15. The molecule has 1 atom stereocenters. The number of ether oxygens (including phenoxy) is 1. The molecule has 1 amide bonds. The summed E-state index contributed by atoms with van der Waals surface area (Å²) >= 11 is 5.91. The maximum absolute atomic E-state index is 12.2. The van der Waals surface area contributed by atoms with E-state index >= 15 is 0 Å². The first-order valence-corrected chi connectivity index (χ1v) is 7.85. The highest BCUT2D eigenvalue weighted by molar-refractivity contribution is 6.33. The van der Waals surface area contributed by atoms with Crippen LogP contribution in [0.5, 0.6) is 0 Å². The topological polar surface area (TPSA) is 119 Å². The summed E-state index contributed by atoms with van der Waals surface area (Å²) < 4.78 is 5.07. The van der Waals surface area contributed by atoms with E-state index in [0.717, 1.165) is 6.07 Å². The lowest BCUT2D eigenvalue weighted by atomic mass is 10.1. The molecule has 0 unspecified atom stereocenters.